The third kappa shape index (κ3) is 2.54. The normalized spacial score (nSPS) is 17.7. The number of rotatable bonds is 3. The van der Waals surface area contributed by atoms with E-state index in [1.807, 2.05) is 13.0 Å². The third-order valence-corrected chi connectivity index (χ3v) is 4.94. The minimum Gasteiger partial charge on any atom is -0.343 e. The van der Waals surface area contributed by atoms with Crippen LogP contribution < -0.4 is 0 Å². The highest BCUT2D eigenvalue weighted by molar-refractivity contribution is 7.89. The Kier molecular flexibility index (Phi) is 3.68. The van der Waals surface area contributed by atoms with Gasteiger partial charge in [0, 0.05) is 26.2 Å². The molecule has 0 aromatic heterocycles. The Morgan fingerprint density at radius 2 is 1.83 bits per heavy atom. The number of aryl methyl sites for hydroxylation is 1. The molecule has 0 atom stereocenters. The fraction of sp³-hybridized carbons (Fsp3) is 0.417. The van der Waals surface area contributed by atoms with Crippen LogP contribution in [0.25, 0.3) is 0 Å². The molecule has 0 unspecified atom stereocenters. The summed E-state index contributed by atoms with van der Waals surface area (Å²) in [7, 11) is -3.43. The summed E-state index contributed by atoms with van der Waals surface area (Å²) in [4.78, 5) is 12.5. The van der Waals surface area contributed by atoms with Crippen molar-refractivity contribution in [2.45, 2.75) is 11.8 Å². The van der Waals surface area contributed by atoms with Crippen molar-refractivity contribution in [3.8, 4) is 0 Å². The van der Waals surface area contributed by atoms with Gasteiger partial charge in [0.05, 0.1) is 4.90 Å². The van der Waals surface area contributed by atoms with E-state index in [1.165, 1.54) is 4.31 Å². The first-order valence-electron chi connectivity index (χ1n) is 5.80. The summed E-state index contributed by atoms with van der Waals surface area (Å²) in [5.74, 6) is 0. The van der Waals surface area contributed by atoms with E-state index < -0.39 is 10.0 Å². The number of hydrogen-bond donors (Lipinski definition) is 0. The number of piperazine rings is 1. The second-order valence-electron chi connectivity index (χ2n) is 4.36. The maximum Gasteiger partial charge on any atom is 0.243 e. The molecule has 6 heteroatoms. The van der Waals surface area contributed by atoms with Crippen molar-refractivity contribution in [2.75, 3.05) is 26.2 Å². The molecule has 2 rings (SSSR count). The first-order chi connectivity index (χ1) is 8.54. The number of hydrogen-bond acceptors (Lipinski definition) is 3. The summed E-state index contributed by atoms with van der Waals surface area (Å²) in [5, 5.41) is 0. The first kappa shape index (κ1) is 13.0. The number of amides is 1. The van der Waals surface area contributed by atoms with Crippen LogP contribution in [0.2, 0.25) is 0 Å². The molecule has 0 bridgehead atoms. The lowest BCUT2D eigenvalue weighted by atomic mass is 10.2. The van der Waals surface area contributed by atoms with E-state index in [2.05, 4.69) is 0 Å². The summed E-state index contributed by atoms with van der Waals surface area (Å²) >= 11 is 0. The molecule has 98 valence electrons. The highest BCUT2D eigenvalue weighted by Crippen LogP contribution is 2.18. The summed E-state index contributed by atoms with van der Waals surface area (Å²) in [6.45, 7) is 3.48. The van der Waals surface area contributed by atoms with Crippen molar-refractivity contribution in [2.24, 2.45) is 0 Å². The van der Waals surface area contributed by atoms with Crippen LogP contribution >= 0.6 is 0 Å². The van der Waals surface area contributed by atoms with E-state index >= 15 is 0 Å². The topological polar surface area (TPSA) is 57.7 Å². The van der Waals surface area contributed by atoms with Crippen molar-refractivity contribution >= 4 is 16.4 Å². The predicted molar refractivity (Wildman–Crippen MR) is 67.6 cm³/mol. The largest absolute Gasteiger partial charge is 0.343 e. The van der Waals surface area contributed by atoms with Gasteiger partial charge in [0.1, 0.15) is 0 Å². The average molecular weight is 268 g/mol. The highest BCUT2D eigenvalue weighted by Gasteiger charge is 2.27. The predicted octanol–water partition coefficient (Wildman–Crippen LogP) is 0.458. The molecule has 1 aliphatic rings. The second kappa shape index (κ2) is 5.07. The van der Waals surface area contributed by atoms with Crippen molar-refractivity contribution in [3.63, 3.8) is 0 Å². The smallest absolute Gasteiger partial charge is 0.243 e. The molecule has 1 aromatic carbocycles. The Hall–Kier alpha value is -1.40. The van der Waals surface area contributed by atoms with Crippen LogP contribution in [0.5, 0.6) is 0 Å². The summed E-state index contributed by atoms with van der Waals surface area (Å²) in [5.41, 5.74) is 0.919. The van der Waals surface area contributed by atoms with Crippen LogP contribution in [0, 0.1) is 6.92 Å². The van der Waals surface area contributed by atoms with Gasteiger partial charge in [-0.25, -0.2) is 8.42 Å². The maximum atomic E-state index is 12.4. The zero-order valence-corrected chi connectivity index (χ0v) is 11.1. The van der Waals surface area contributed by atoms with E-state index in [-0.39, 0.29) is 0 Å². The van der Waals surface area contributed by atoms with Crippen LogP contribution in [0.15, 0.2) is 29.2 Å². The number of benzene rings is 1. The van der Waals surface area contributed by atoms with E-state index in [1.54, 1.807) is 23.1 Å². The Balaban J connectivity index is 2.20. The second-order valence-corrected chi connectivity index (χ2v) is 6.30. The van der Waals surface area contributed by atoms with Gasteiger partial charge in [-0.05, 0) is 24.6 Å². The van der Waals surface area contributed by atoms with Gasteiger partial charge in [0.25, 0.3) is 0 Å². The molecule has 1 amide bonds. The molecule has 1 heterocycles. The number of sulfonamides is 1. The summed E-state index contributed by atoms with van der Waals surface area (Å²) < 4.78 is 26.1. The van der Waals surface area contributed by atoms with Gasteiger partial charge in [-0.1, -0.05) is 12.1 Å². The van der Waals surface area contributed by atoms with Gasteiger partial charge in [0.15, 0.2) is 0 Å². The Morgan fingerprint density at radius 3 is 2.39 bits per heavy atom. The van der Waals surface area contributed by atoms with Gasteiger partial charge in [-0.15, -0.1) is 0 Å². The first-order valence-corrected chi connectivity index (χ1v) is 7.24. The molecule has 0 radical (unpaired) electrons. The summed E-state index contributed by atoms with van der Waals surface area (Å²) in [6, 6.07) is 6.88. The zero-order chi connectivity index (χ0) is 13.2. The van der Waals surface area contributed by atoms with Gasteiger partial charge in [0.2, 0.25) is 16.4 Å². The van der Waals surface area contributed by atoms with Crippen LogP contribution in [0.1, 0.15) is 5.56 Å². The molecule has 0 N–H and O–H groups in total. The van der Waals surface area contributed by atoms with Gasteiger partial charge in [-0.2, -0.15) is 4.31 Å². The lowest BCUT2D eigenvalue weighted by molar-refractivity contribution is -0.119. The Bertz CT molecular complexity index is 534. The molecule has 5 nitrogen and oxygen atoms in total. The lowest BCUT2D eigenvalue weighted by Gasteiger charge is -2.31. The van der Waals surface area contributed by atoms with E-state index in [0.717, 1.165) is 12.0 Å². The quantitative estimate of drug-likeness (QED) is 0.748. The van der Waals surface area contributed by atoms with E-state index in [4.69, 9.17) is 0 Å². The van der Waals surface area contributed by atoms with Gasteiger partial charge in [-0.3, -0.25) is 4.79 Å². The van der Waals surface area contributed by atoms with E-state index in [9.17, 15) is 13.2 Å². The molecule has 1 fully saturated rings. The molecule has 1 saturated heterocycles. The van der Waals surface area contributed by atoms with Crippen molar-refractivity contribution in [1.82, 2.24) is 9.21 Å². The molecule has 0 spiro atoms. The molecule has 1 aromatic rings. The minimum absolute atomic E-state index is 0.321. The standard InChI is InChI=1S/C12H16N2O3S/c1-11-3-2-4-12(9-11)18(16,17)14-7-5-13(10-15)6-8-14/h2-4,9-10H,5-8H2,1H3. The van der Waals surface area contributed by atoms with Gasteiger partial charge < -0.3 is 4.90 Å². The lowest BCUT2D eigenvalue weighted by Crippen LogP contribution is -2.47. The zero-order valence-electron chi connectivity index (χ0n) is 10.2. The third-order valence-electron chi connectivity index (χ3n) is 3.05. The van der Waals surface area contributed by atoms with Crippen molar-refractivity contribution in [3.05, 3.63) is 29.8 Å². The number of nitrogens with zero attached hydrogens (tertiary/aromatic N) is 2. The highest BCUT2D eigenvalue weighted by atomic mass is 32.2. The Morgan fingerprint density at radius 1 is 1.17 bits per heavy atom. The van der Waals surface area contributed by atoms with Crippen molar-refractivity contribution in [1.29, 1.82) is 0 Å². The number of carbonyl (C=O) groups is 1. The average Bonchev–Trinajstić information content (AvgIpc) is 2.39. The van der Waals surface area contributed by atoms with Crippen molar-refractivity contribution < 1.29 is 13.2 Å². The monoisotopic (exact) mass is 268 g/mol. The molecule has 18 heavy (non-hydrogen) atoms. The molecular weight excluding hydrogens is 252 g/mol. The molecular formula is C12H16N2O3S. The molecule has 1 aliphatic heterocycles. The van der Waals surface area contributed by atoms with E-state index in [0.29, 0.717) is 31.1 Å². The van der Waals surface area contributed by atoms with Crippen LogP contribution in [0.4, 0.5) is 0 Å². The SMILES string of the molecule is Cc1cccc(S(=O)(=O)N2CCN(C=O)CC2)c1. The molecule has 0 aliphatic carbocycles. The fourth-order valence-corrected chi connectivity index (χ4v) is 3.50. The van der Waals surface area contributed by atoms with Crippen LogP contribution in [0.3, 0.4) is 0 Å². The number of carbonyl (C=O) groups excluding carboxylic acids is 1. The fourth-order valence-electron chi connectivity index (χ4n) is 1.97. The van der Waals surface area contributed by atoms with Crippen LogP contribution in [-0.2, 0) is 14.8 Å². The summed E-state index contributed by atoms with van der Waals surface area (Å²) in [6.07, 6.45) is 0.761. The minimum atomic E-state index is -3.43. The van der Waals surface area contributed by atoms with Crippen LogP contribution in [-0.4, -0.2) is 50.2 Å². The van der Waals surface area contributed by atoms with Gasteiger partial charge >= 0.3 is 0 Å². The Labute approximate surface area is 107 Å². The molecule has 0 saturated carbocycles. The maximum absolute atomic E-state index is 12.4.